The molecule has 3 rings (SSSR count). The lowest BCUT2D eigenvalue weighted by atomic mass is 10.1. The fourth-order valence-electron chi connectivity index (χ4n) is 2.53. The maximum atomic E-state index is 12.2. The van der Waals surface area contributed by atoms with E-state index in [1.165, 1.54) is 0 Å². The molecule has 0 saturated heterocycles. The summed E-state index contributed by atoms with van der Waals surface area (Å²) in [6.07, 6.45) is 1.70. The fraction of sp³-hybridized carbons (Fsp3) is 0.286. The molecule has 1 amide bonds. The van der Waals surface area contributed by atoms with E-state index in [2.05, 4.69) is 20.5 Å². The van der Waals surface area contributed by atoms with Gasteiger partial charge in [-0.05, 0) is 48.6 Å². The zero-order chi connectivity index (χ0) is 19.4. The summed E-state index contributed by atoms with van der Waals surface area (Å²) >= 11 is 0. The van der Waals surface area contributed by atoms with Crippen LogP contribution < -0.4 is 10.1 Å². The topological polar surface area (TPSA) is 79.9 Å². The Morgan fingerprint density at radius 1 is 1.19 bits per heavy atom. The van der Waals surface area contributed by atoms with E-state index in [1.807, 2.05) is 52.0 Å². The number of hydrogen-bond donors (Lipinski definition) is 2. The second-order valence-electron chi connectivity index (χ2n) is 6.92. The van der Waals surface area contributed by atoms with Gasteiger partial charge in [-0.15, -0.1) is 0 Å². The Hall–Kier alpha value is -3.15. The standard InChI is InChI=1S/C21H24N4O2/c1-13(2)17-10-18(25-24-17)21(26)23-12-16-7-8-20(22-11-16)27-19-9-14(3)5-6-15(19)4/h5-11,13H,12H2,1-4H3,(H,23,26)(H,24,25). The number of pyridine rings is 1. The Morgan fingerprint density at radius 3 is 2.67 bits per heavy atom. The van der Waals surface area contributed by atoms with Crippen molar-refractivity contribution < 1.29 is 9.53 Å². The van der Waals surface area contributed by atoms with Crippen molar-refractivity contribution in [2.45, 2.75) is 40.2 Å². The van der Waals surface area contributed by atoms with Crippen LogP contribution in [0.4, 0.5) is 0 Å². The molecule has 0 unspecified atom stereocenters. The number of aromatic nitrogens is 3. The van der Waals surface area contributed by atoms with Crippen LogP contribution in [-0.2, 0) is 6.54 Å². The number of amides is 1. The SMILES string of the molecule is Cc1ccc(C)c(Oc2ccc(CNC(=O)c3cc(C(C)C)[nH]n3)cn2)c1. The van der Waals surface area contributed by atoms with E-state index in [1.54, 1.807) is 18.3 Å². The van der Waals surface area contributed by atoms with Crippen LogP contribution in [0.5, 0.6) is 11.6 Å². The molecular weight excluding hydrogens is 340 g/mol. The van der Waals surface area contributed by atoms with Gasteiger partial charge in [-0.3, -0.25) is 9.89 Å². The number of ether oxygens (including phenoxy) is 1. The van der Waals surface area contributed by atoms with Crippen molar-refractivity contribution in [3.8, 4) is 11.6 Å². The molecule has 0 bridgehead atoms. The minimum atomic E-state index is -0.214. The molecule has 0 aliphatic heterocycles. The maximum absolute atomic E-state index is 12.2. The molecule has 140 valence electrons. The van der Waals surface area contributed by atoms with Gasteiger partial charge in [-0.2, -0.15) is 5.10 Å². The summed E-state index contributed by atoms with van der Waals surface area (Å²) in [6.45, 7) is 8.48. The number of hydrogen-bond acceptors (Lipinski definition) is 4. The molecule has 0 atom stereocenters. The average Bonchev–Trinajstić information content (AvgIpc) is 3.14. The highest BCUT2D eigenvalue weighted by Crippen LogP contribution is 2.24. The van der Waals surface area contributed by atoms with Gasteiger partial charge < -0.3 is 10.1 Å². The van der Waals surface area contributed by atoms with Crippen molar-refractivity contribution in [2.75, 3.05) is 0 Å². The minimum absolute atomic E-state index is 0.214. The number of carbonyl (C=O) groups is 1. The van der Waals surface area contributed by atoms with E-state index in [4.69, 9.17) is 4.74 Å². The van der Waals surface area contributed by atoms with Crippen LogP contribution in [0, 0.1) is 13.8 Å². The van der Waals surface area contributed by atoms with E-state index >= 15 is 0 Å². The molecule has 0 spiro atoms. The van der Waals surface area contributed by atoms with Crippen LogP contribution in [0.2, 0.25) is 0 Å². The molecule has 0 aliphatic rings. The first-order chi connectivity index (χ1) is 12.9. The Kier molecular flexibility index (Phi) is 5.54. The number of benzene rings is 1. The summed E-state index contributed by atoms with van der Waals surface area (Å²) in [4.78, 5) is 16.5. The molecule has 0 saturated carbocycles. The van der Waals surface area contributed by atoms with E-state index in [0.717, 1.165) is 28.1 Å². The molecule has 0 radical (unpaired) electrons. The summed E-state index contributed by atoms with van der Waals surface area (Å²) < 4.78 is 5.85. The van der Waals surface area contributed by atoms with E-state index in [9.17, 15) is 4.79 Å². The van der Waals surface area contributed by atoms with Crippen molar-refractivity contribution in [3.63, 3.8) is 0 Å². The van der Waals surface area contributed by atoms with Gasteiger partial charge in [0.2, 0.25) is 5.88 Å². The first kappa shape index (κ1) is 18.6. The highest BCUT2D eigenvalue weighted by Gasteiger charge is 2.12. The minimum Gasteiger partial charge on any atom is -0.439 e. The third kappa shape index (κ3) is 4.73. The normalized spacial score (nSPS) is 10.9. The summed E-state index contributed by atoms with van der Waals surface area (Å²) in [5, 5.41) is 9.79. The number of H-pyrrole nitrogens is 1. The molecule has 2 aromatic heterocycles. The first-order valence-electron chi connectivity index (χ1n) is 8.96. The molecule has 3 aromatic rings. The number of nitrogens with one attached hydrogen (secondary N) is 2. The van der Waals surface area contributed by atoms with Gasteiger partial charge in [-0.25, -0.2) is 4.98 Å². The van der Waals surface area contributed by atoms with Crippen molar-refractivity contribution in [1.29, 1.82) is 0 Å². The smallest absolute Gasteiger partial charge is 0.272 e. The first-order valence-corrected chi connectivity index (χ1v) is 8.96. The van der Waals surface area contributed by atoms with Crippen LogP contribution in [0.25, 0.3) is 0 Å². The fourth-order valence-corrected chi connectivity index (χ4v) is 2.53. The number of nitrogens with zero attached hydrogens (tertiary/aromatic N) is 2. The Labute approximate surface area is 159 Å². The predicted molar refractivity (Wildman–Crippen MR) is 104 cm³/mol. The molecule has 2 heterocycles. The Morgan fingerprint density at radius 2 is 2.00 bits per heavy atom. The van der Waals surface area contributed by atoms with Crippen LogP contribution in [0.15, 0.2) is 42.6 Å². The lowest BCUT2D eigenvalue weighted by Gasteiger charge is -2.09. The molecule has 0 aliphatic carbocycles. The highest BCUT2D eigenvalue weighted by molar-refractivity contribution is 5.92. The number of carbonyl (C=O) groups excluding carboxylic acids is 1. The Bertz CT molecular complexity index is 930. The van der Waals surface area contributed by atoms with E-state index in [0.29, 0.717) is 24.0 Å². The van der Waals surface area contributed by atoms with Crippen LogP contribution >= 0.6 is 0 Å². The molecule has 6 heteroatoms. The molecule has 2 N–H and O–H groups in total. The second-order valence-corrected chi connectivity index (χ2v) is 6.92. The van der Waals surface area contributed by atoms with E-state index in [-0.39, 0.29) is 5.91 Å². The number of rotatable bonds is 6. The summed E-state index contributed by atoms with van der Waals surface area (Å²) in [5.41, 5.74) is 4.40. The lowest BCUT2D eigenvalue weighted by Crippen LogP contribution is -2.23. The molecule has 27 heavy (non-hydrogen) atoms. The summed E-state index contributed by atoms with van der Waals surface area (Å²) in [7, 11) is 0. The third-order valence-electron chi connectivity index (χ3n) is 4.26. The van der Waals surface area contributed by atoms with Gasteiger partial charge in [0, 0.05) is 24.5 Å². The molecular formula is C21H24N4O2. The van der Waals surface area contributed by atoms with Crippen LogP contribution in [0.1, 0.15) is 52.6 Å². The number of aryl methyl sites for hydroxylation is 2. The largest absolute Gasteiger partial charge is 0.439 e. The number of aromatic amines is 1. The third-order valence-corrected chi connectivity index (χ3v) is 4.26. The molecule has 0 fully saturated rings. The van der Waals surface area contributed by atoms with E-state index < -0.39 is 0 Å². The van der Waals surface area contributed by atoms with Gasteiger partial charge >= 0.3 is 0 Å². The molecule has 6 nitrogen and oxygen atoms in total. The van der Waals surface area contributed by atoms with Crippen LogP contribution in [0.3, 0.4) is 0 Å². The van der Waals surface area contributed by atoms with Gasteiger partial charge in [0.25, 0.3) is 5.91 Å². The monoisotopic (exact) mass is 364 g/mol. The summed E-state index contributed by atoms with van der Waals surface area (Å²) in [5.74, 6) is 1.40. The average molecular weight is 364 g/mol. The van der Waals surface area contributed by atoms with Gasteiger partial charge in [-0.1, -0.05) is 32.0 Å². The second kappa shape index (κ2) is 8.03. The van der Waals surface area contributed by atoms with Gasteiger partial charge in [0.1, 0.15) is 11.4 Å². The van der Waals surface area contributed by atoms with Crippen molar-refractivity contribution in [1.82, 2.24) is 20.5 Å². The predicted octanol–water partition coefficient (Wildman–Crippen LogP) is 4.27. The van der Waals surface area contributed by atoms with Crippen molar-refractivity contribution >= 4 is 5.91 Å². The highest BCUT2D eigenvalue weighted by atomic mass is 16.5. The van der Waals surface area contributed by atoms with Crippen LogP contribution in [-0.4, -0.2) is 21.1 Å². The Balaban J connectivity index is 1.58. The van der Waals surface area contributed by atoms with Gasteiger partial charge in [0.15, 0.2) is 0 Å². The zero-order valence-corrected chi connectivity index (χ0v) is 16.0. The summed E-state index contributed by atoms with van der Waals surface area (Å²) in [6, 6.07) is 11.5. The maximum Gasteiger partial charge on any atom is 0.272 e. The zero-order valence-electron chi connectivity index (χ0n) is 16.0. The lowest BCUT2D eigenvalue weighted by molar-refractivity contribution is 0.0946. The molecule has 1 aromatic carbocycles. The van der Waals surface area contributed by atoms with Crippen molar-refractivity contribution in [3.05, 3.63) is 70.7 Å². The van der Waals surface area contributed by atoms with Gasteiger partial charge in [0.05, 0.1) is 0 Å². The van der Waals surface area contributed by atoms with Crippen molar-refractivity contribution in [2.24, 2.45) is 0 Å². The quantitative estimate of drug-likeness (QED) is 0.685.